The van der Waals surface area contributed by atoms with E-state index in [9.17, 15) is 14.7 Å². The summed E-state index contributed by atoms with van der Waals surface area (Å²) in [6.07, 6.45) is 4.95. The molecule has 1 heterocycles. The summed E-state index contributed by atoms with van der Waals surface area (Å²) < 4.78 is 0. The Morgan fingerprint density at radius 2 is 2.20 bits per heavy atom. The van der Waals surface area contributed by atoms with Crippen LogP contribution < -0.4 is 10.2 Å². The number of allylic oxidation sites excluding steroid dienone is 1. The van der Waals surface area contributed by atoms with Gasteiger partial charge in [0, 0.05) is 18.7 Å². The van der Waals surface area contributed by atoms with Crippen LogP contribution in [0.2, 0.25) is 0 Å². The number of benzene rings is 1. The van der Waals surface area contributed by atoms with Gasteiger partial charge in [-0.1, -0.05) is 30.4 Å². The topological polar surface area (TPSA) is 69.6 Å². The average Bonchev–Trinajstić information content (AvgIpc) is 2.83. The second-order valence-corrected chi connectivity index (χ2v) is 4.65. The summed E-state index contributed by atoms with van der Waals surface area (Å²) in [4.78, 5) is 24.9. The van der Waals surface area contributed by atoms with E-state index in [1.165, 1.54) is 4.90 Å². The lowest BCUT2D eigenvalue weighted by molar-refractivity contribution is -0.138. The van der Waals surface area contributed by atoms with E-state index < -0.39 is 12.0 Å². The minimum Gasteiger partial charge on any atom is -0.480 e. The zero-order valence-corrected chi connectivity index (χ0v) is 11.4. The highest BCUT2D eigenvalue weighted by Crippen LogP contribution is 2.32. The summed E-state index contributed by atoms with van der Waals surface area (Å²) in [6.45, 7) is 2.41. The number of carboxylic acids is 1. The number of carbonyl (C=O) groups excluding carboxylic acids is 1. The van der Waals surface area contributed by atoms with Crippen LogP contribution in [0.25, 0.3) is 0 Å². The molecule has 0 fully saturated rings. The van der Waals surface area contributed by atoms with Crippen molar-refractivity contribution in [2.45, 2.75) is 25.8 Å². The first kappa shape index (κ1) is 14.1. The Kier molecular flexibility index (Phi) is 4.40. The highest BCUT2D eigenvalue weighted by molar-refractivity contribution is 6.01. The monoisotopic (exact) mass is 274 g/mol. The van der Waals surface area contributed by atoms with Gasteiger partial charge in [-0.05, 0) is 25.0 Å². The van der Waals surface area contributed by atoms with Crippen molar-refractivity contribution in [1.82, 2.24) is 5.32 Å². The fourth-order valence-corrected chi connectivity index (χ4v) is 2.35. The third kappa shape index (κ3) is 2.82. The summed E-state index contributed by atoms with van der Waals surface area (Å²) in [5.74, 6) is -0.982. The number of para-hydroxylation sites is 1. The van der Waals surface area contributed by atoms with Crippen LogP contribution in [0.1, 0.15) is 18.9 Å². The predicted molar refractivity (Wildman–Crippen MR) is 76.9 cm³/mol. The molecule has 1 unspecified atom stereocenters. The van der Waals surface area contributed by atoms with Gasteiger partial charge in [0.05, 0.1) is 0 Å². The molecule has 1 aromatic carbocycles. The molecule has 20 heavy (non-hydrogen) atoms. The van der Waals surface area contributed by atoms with Crippen molar-refractivity contribution in [2.75, 3.05) is 11.4 Å². The quantitative estimate of drug-likeness (QED) is 0.653. The summed E-state index contributed by atoms with van der Waals surface area (Å²) in [6, 6.07) is 6.12. The first-order valence-corrected chi connectivity index (χ1v) is 6.64. The number of anilines is 1. The van der Waals surface area contributed by atoms with Crippen LogP contribution >= 0.6 is 0 Å². The van der Waals surface area contributed by atoms with Crippen LogP contribution in [-0.2, 0) is 11.2 Å². The van der Waals surface area contributed by atoms with E-state index >= 15 is 0 Å². The standard InChI is InChI=1S/C15H18N2O3/c1-2-3-6-9-16-15(20)17-12-8-5-4-7-11(12)10-13(17)14(18)19/h2-5,7-8,13H,6,9-10H2,1H3,(H,16,20)(H,18,19)/b3-2+. The van der Waals surface area contributed by atoms with Gasteiger partial charge in [-0.15, -0.1) is 0 Å². The minimum atomic E-state index is -0.982. The number of rotatable bonds is 4. The molecule has 0 bridgehead atoms. The van der Waals surface area contributed by atoms with Gasteiger partial charge < -0.3 is 10.4 Å². The SMILES string of the molecule is C/C=C/CCNC(=O)N1c2ccccc2CC1C(=O)O. The van der Waals surface area contributed by atoms with E-state index in [2.05, 4.69) is 5.32 Å². The van der Waals surface area contributed by atoms with Gasteiger partial charge >= 0.3 is 12.0 Å². The molecule has 0 radical (unpaired) electrons. The van der Waals surface area contributed by atoms with Gasteiger partial charge in [-0.25, -0.2) is 9.59 Å². The Morgan fingerprint density at radius 1 is 1.45 bits per heavy atom. The molecule has 5 nitrogen and oxygen atoms in total. The molecular formula is C15H18N2O3. The number of nitrogens with zero attached hydrogens (tertiary/aromatic N) is 1. The van der Waals surface area contributed by atoms with Crippen molar-refractivity contribution in [3.8, 4) is 0 Å². The zero-order valence-electron chi connectivity index (χ0n) is 11.4. The Morgan fingerprint density at radius 3 is 2.90 bits per heavy atom. The maximum atomic E-state index is 12.2. The lowest BCUT2D eigenvalue weighted by atomic mass is 10.1. The summed E-state index contributed by atoms with van der Waals surface area (Å²) in [5, 5.41) is 12.0. The van der Waals surface area contributed by atoms with Crippen LogP contribution in [0.3, 0.4) is 0 Å². The molecule has 2 amide bonds. The van der Waals surface area contributed by atoms with Crippen LogP contribution in [0.15, 0.2) is 36.4 Å². The number of fused-ring (bicyclic) bond motifs is 1. The summed E-state index contributed by atoms with van der Waals surface area (Å²) in [5.41, 5.74) is 1.58. The smallest absolute Gasteiger partial charge is 0.327 e. The second-order valence-electron chi connectivity index (χ2n) is 4.65. The molecule has 0 aromatic heterocycles. The molecule has 1 aliphatic heterocycles. The second kappa shape index (κ2) is 6.23. The molecule has 0 spiro atoms. The molecule has 5 heteroatoms. The lowest BCUT2D eigenvalue weighted by Crippen LogP contribution is -2.48. The van der Waals surface area contributed by atoms with Gasteiger partial charge in [0.1, 0.15) is 6.04 Å². The van der Waals surface area contributed by atoms with Crippen LogP contribution in [0, 0.1) is 0 Å². The number of urea groups is 1. The van der Waals surface area contributed by atoms with E-state index in [-0.39, 0.29) is 6.03 Å². The molecule has 0 saturated heterocycles. The molecule has 1 aliphatic rings. The van der Waals surface area contributed by atoms with Crippen LogP contribution in [0.5, 0.6) is 0 Å². The van der Waals surface area contributed by atoms with E-state index in [0.717, 1.165) is 12.0 Å². The molecule has 0 saturated carbocycles. The van der Waals surface area contributed by atoms with Crippen molar-refractivity contribution in [3.63, 3.8) is 0 Å². The Bertz CT molecular complexity index is 540. The van der Waals surface area contributed by atoms with Crippen molar-refractivity contribution in [3.05, 3.63) is 42.0 Å². The van der Waals surface area contributed by atoms with E-state index in [0.29, 0.717) is 18.7 Å². The third-order valence-corrected chi connectivity index (χ3v) is 3.30. The number of carboxylic acid groups (broad SMARTS) is 1. The number of hydrogen-bond acceptors (Lipinski definition) is 2. The number of aliphatic carboxylic acids is 1. The van der Waals surface area contributed by atoms with Crippen LogP contribution in [-0.4, -0.2) is 29.7 Å². The maximum absolute atomic E-state index is 12.2. The molecular weight excluding hydrogens is 256 g/mol. The van der Waals surface area contributed by atoms with Crippen LogP contribution in [0.4, 0.5) is 10.5 Å². The number of amides is 2. The zero-order chi connectivity index (χ0) is 14.5. The Balaban J connectivity index is 2.13. The third-order valence-electron chi connectivity index (χ3n) is 3.30. The fraction of sp³-hybridized carbons (Fsp3) is 0.333. The number of hydrogen-bond donors (Lipinski definition) is 2. The largest absolute Gasteiger partial charge is 0.480 e. The highest BCUT2D eigenvalue weighted by Gasteiger charge is 2.38. The molecule has 1 aromatic rings. The Labute approximate surface area is 117 Å². The van der Waals surface area contributed by atoms with Gasteiger partial charge in [-0.2, -0.15) is 0 Å². The molecule has 2 rings (SSSR count). The predicted octanol–water partition coefficient (Wildman–Crippen LogP) is 2.18. The number of carbonyl (C=O) groups is 2. The molecule has 1 atom stereocenters. The normalized spacial score (nSPS) is 17.2. The van der Waals surface area contributed by atoms with Crippen molar-refractivity contribution in [2.24, 2.45) is 0 Å². The minimum absolute atomic E-state index is 0.355. The fourth-order valence-electron chi connectivity index (χ4n) is 2.35. The molecule has 106 valence electrons. The first-order valence-electron chi connectivity index (χ1n) is 6.64. The van der Waals surface area contributed by atoms with Gasteiger partial charge in [0.2, 0.25) is 0 Å². The van der Waals surface area contributed by atoms with Gasteiger partial charge in [-0.3, -0.25) is 4.90 Å². The van der Waals surface area contributed by atoms with E-state index in [1.54, 1.807) is 6.07 Å². The maximum Gasteiger partial charge on any atom is 0.327 e. The lowest BCUT2D eigenvalue weighted by Gasteiger charge is -2.22. The summed E-state index contributed by atoms with van der Waals surface area (Å²) >= 11 is 0. The first-order chi connectivity index (χ1) is 9.65. The van der Waals surface area contributed by atoms with Gasteiger partial charge in [0.15, 0.2) is 0 Å². The molecule has 2 N–H and O–H groups in total. The average molecular weight is 274 g/mol. The highest BCUT2D eigenvalue weighted by atomic mass is 16.4. The number of nitrogens with one attached hydrogen (secondary N) is 1. The van der Waals surface area contributed by atoms with Crippen molar-refractivity contribution >= 4 is 17.7 Å². The summed E-state index contributed by atoms with van der Waals surface area (Å²) in [7, 11) is 0. The molecule has 0 aliphatic carbocycles. The Hall–Kier alpha value is -2.30. The van der Waals surface area contributed by atoms with Gasteiger partial charge in [0.25, 0.3) is 0 Å². The van der Waals surface area contributed by atoms with Crippen molar-refractivity contribution < 1.29 is 14.7 Å². The van der Waals surface area contributed by atoms with Crippen molar-refractivity contribution in [1.29, 1.82) is 0 Å². The van der Waals surface area contributed by atoms with E-state index in [1.807, 2.05) is 37.3 Å². The van der Waals surface area contributed by atoms with E-state index in [4.69, 9.17) is 0 Å².